The van der Waals surface area contributed by atoms with Gasteiger partial charge < -0.3 is 14.3 Å². The van der Waals surface area contributed by atoms with Crippen LogP contribution in [0.4, 0.5) is 0 Å². The SMILES string of the molecule is [2H]C1([2H])c2c(C)cccc2[C@@]2(C)N=C(c3[c-]c(-n4c5[c-]c(-c6cc(C(C)(C)C)ccn6)ccc5c5cc(C)ccc54)cc(C(C)C)n3)O[C@@]12C.[Pt+2]. The molecule has 3 aromatic heterocycles. The number of pyridine rings is 2. The van der Waals surface area contributed by atoms with Crippen LogP contribution in [0.2, 0.25) is 0 Å². The zero-order valence-corrected chi connectivity index (χ0v) is 31.8. The van der Waals surface area contributed by atoms with E-state index in [2.05, 4.69) is 107 Å². The molecule has 2 atom stereocenters. The molecular formula is C43H42N4OPt. The first kappa shape index (κ1) is 30.9. The maximum atomic E-state index is 9.34. The molecule has 250 valence electrons. The third kappa shape index (κ3) is 5.19. The molecule has 0 spiro atoms. The fourth-order valence-corrected chi connectivity index (χ4v) is 7.17. The number of hydrogen-bond donors (Lipinski definition) is 0. The Balaban J connectivity index is 0.00000406. The van der Waals surface area contributed by atoms with Crippen LogP contribution in [0.25, 0.3) is 38.8 Å². The number of nitrogens with zero attached hydrogens (tertiary/aromatic N) is 4. The third-order valence-electron chi connectivity index (χ3n) is 10.3. The fraction of sp³-hybridized carbons (Fsp3) is 0.326. The van der Waals surface area contributed by atoms with E-state index in [1.165, 1.54) is 11.1 Å². The molecule has 6 heteroatoms. The minimum atomic E-state index is -1.78. The number of aromatic nitrogens is 3. The number of fused-ring (bicyclic) bond motifs is 6. The number of aryl methyl sites for hydroxylation is 2. The molecule has 0 unspecified atom stereocenters. The molecule has 49 heavy (non-hydrogen) atoms. The molecule has 0 saturated carbocycles. The third-order valence-corrected chi connectivity index (χ3v) is 10.3. The Kier molecular flexibility index (Phi) is 7.25. The van der Waals surface area contributed by atoms with Crippen LogP contribution in [0.15, 0.2) is 77.9 Å². The number of hydrogen-bond acceptors (Lipinski definition) is 4. The number of ether oxygens (including phenoxy) is 1. The van der Waals surface area contributed by atoms with Gasteiger partial charge >= 0.3 is 21.1 Å². The number of rotatable bonds is 4. The van der Waals surface area contributed by atoms with Crippen molar-refractivity contribution in [1.29, 1.82) is 0 Å². The average Bonchev–Trinajstić information content (AvgIpc) is 3.59. The Morgan fingerprint density at radius 1 is 0.959 bits per heavy atom. The van der Waals surface area contributed by atoms with Crippen LogP contribution in [-0.4, -0.2) is 26.0 Å². The summed E-state index contributed by atoms with van der Waals surface area (Å²) >= 11 is 0. The zero-order chi connectivity index (χ0) is 35.5. The first-order valence-corrected chi connectivity index (χ1v) is 16.8. The van der Waals surface area contributed by atoms with Crippen LogP contribution in [0, 0.1) is 26.0 Å². The van der Waals surface area contributed by atoms with Gasteiger partial charge in [-0.3, -0.25) is 9.98 Å². The maximum Gasteiger partial charge on any atom is 2.00 e. The van der Waals surface area contributed by atoms with Crippen molar-refractivity contribution in [3.05, 3.63) is 124 Å². The average molecular weight is 828 g/mol. The predicted molar refractivity (Wildman–Crippen MR) is 195 cm³/mol. The Morgan fingerprint density at radius 2 is 1.76 bits per heavy atom. The number of benzene rings is 3. The van der Waals surface area contributed by atoms with E-state index in [0.717, 1.165) is 55.6 Å². The summed E-state index contributed by atoms with van der Waals surface area (Å²) in [5.41, 5.74) is 8.44. The summed E-state index contributed by atoms with van der Waals surface area (Å²) in [6.07, 6.45) is 0.103. The molecule has 0 N–H and O–H groups in total. The summed E-state index contributed by atoms with van der Waals surface area (Å²) in [6.45, 7) is 18.8. The summed E-state index contributed by atoms with van der Waals surface area (Å²) in [4.78, 5) is 15.0. The van der Waals surface area contributed by atoms with Crippen molar-refractivity contribution >= 4 is 27.7 Å². The van der Waals surface area contributed by atoms with Crippen LogP contribution >= 0.6 is 0 Å². The smallest absolute Gasteiger partial charge is 0.524 e. The van der Waals surface area contributed by atoms with Gasteiger partial charge in [0, 0.05) is 26.5 Å². The molecule has 2 aliphatic rings. The van der Waals surface area contributed by atoms with Crippen molar-refractivity contribution in [2.45, 2.75) is 91.2 Å². The largest absolute Gasteiger partial charge is 2.00 e. The van der Waals surface area contributed by atoms with Crippen molar-refractivity contribution < 1.29 is 28.5 Å². The standard InChI is InChI=1S/C43H42N4O.Pt/c1-25(2)35-22-30(23-37(45-35)40-46-43(9)34-12-10-11-27(4)33(34)24-42(43,8)48-40)47-38-16-13-26(3)19-32(38)31-15-14-28(20-39(31)47)36-21-29(17-18-44-36)41(5,6)7;/h10-19,21-22,25H,24H2,1-9H3;/q-2;+2/t42-,43+;/m0./s1/i24D2;. The Labute approximate surface area is 306 Å². The van der Waals surface area contributed by atoms with Gasteiger partial charge in [0.05, 0.1) is 0 Å². The van der Waals surface area contributed by atoms with Crippen molar-refractivity contribution in [2.75, 3.05) is 0 Å². The van der Waals surface area contributed by atoms with Gasteiger partial charge in [0.2, 0.25) is 0 Å². The van der Waals surface area contributed by atoms with Gasteiger partial charge in [0.1, 0.15) is 17.0 Å². The van der Waals surface area contributed by atoms with Gasteiger partial charge in [0.25, 0.3) is 0 Å². The van der Waals surface area contributed by atoms with Gasteiger partial charge in [-0.25, -0.2) is 0 Å². The second-order valence-corrected chi connectivity index (χ2v) is 15.1. The van der Waals surface area contributed by atoms with Gasteiger partial charge in [-0.15, -0.1) is 35.9 Å². The molecule has 0 radical (unpaired) electrons. The fourth-order valence-electron chi connectivity index (χ4n) is 7.17. The number of aliphatic imine (C=N–C) groups is 1. The normalized spacial score (nSPS) is 21.6. The van der Waals surface area contributed by atoms with E-state index in [1.807, 2.05) is 45.2 Å². The van der Waals surface area contributed by atoms with Crippen LogP contribution < -0.4 is 0 Å². The molecule has 1 aliphatic heterocycles. The summed E-state index contributed by atoms with van der Waals surface area (Å²) in [7, 11) is 0. The summed E-state index contributed by atoms with van der Waals surface area (Å²) in [5, 5.41) is 2.21. The predicted octanol–water partition coefficient (Wildman–Crippen LogP) is 9.88. The minimum absolute atomic E-state index is 0. The van der Waals surface area contributed by atoms with Crippen LogP contribution in [0.3, 0.4) is 0 Å². The van der Waals surface area contributed by atoms with Gasteiger partial charge in [0.15, 0.2) is 0 Å². The molecule has 0 saturated heterocycles. The molecule has 8 rings (SSSR count). The monoisotopic (exact) mass is 827 g/mol. The van der Waals surface area contributed by atoms with E-state index in [-0.39, 0.29) is 32.4 Å². The molecular weight excluding hydrogens is 784 g/mol. The van der Waals surface area contributed by atoms with Crippen molar-refractivity contribution in [3.8, 4) is 16.9 Å². The zero-order valence-electron chi connectivity index (χ0n) is 31.5. The van der Waals surface area contributed by atoms with Crippen LogP contribution in [0.5, 0.6) is 0 Å². The topological polar surface area (TPSA) is 52.3 Å². The van der Waals surface area contributed by atoms with E-state index >= 15 is 0 Å². The summed E-state index contributed by atoms with van der Waals surface area (Å²) < 4.78 is 27.6. The van der Waals surface area contributed by atoms with Gasteiger partial charge in [-0.2, -0.15) is 0 Å². The Morgan fingerprint density at radius 3 is 2.51 bits per heavy atom. The van der Waals surface area contributed by atoms with E-state index in [9.17, 15) is 2.74 Å². The molecule has 0 bridgehead atoms. The Bertz CT molecular complexity index is 2420. The first-order valence-electron chi connectivity index (χ1n) is 17.8. The first-order chi connectivity index (χ1) is 23.5. The second-order valence-electron chi connectivity index (χ2n) is 15.1. The second kappa shape index (κ2) is 11.5. The van der Waals surface area contributed by atoms with Crippen molar-refractivity contribution in [3.63, 3.8) is 0 Å². The van der Waals surface area contributed by atoms with E-state index in [4.69, 9.17) is 19.7 Å². The van der Waals surface area contributed by atoms with Gasteiger partial charge in [-0.05, 0) is 95.7 Å². The molecule has 0 fully saturated rings. The molecule has 0 amide bonds. The van der Waals surface area contributed by atoms with Crippen LogP contribution in [0.1, 0.15) is 96.3 Å². The molecule has 4 heterocycles. The van der Waals surface area contributed by atoms with Crippen molar-refractivity contribution in [2.24, 2.45) is 4.99 Å². The van der Waals surface area contributed by atoms with Gasteiger partial charge in [-0.1, -0.05) is 87.7 Å². The van der Waals surface area contributed by atoms with E-state index in [0.29, 0.717) is 17.2 Å². The molecule has 5 nitrogen and oxygen atoms in total. The maximum absolute atomic E-state index is 9.34. The molecule has 3 aromatic carbocycles. The summed E-state index contributed by atoms with van der Waals surface area (Å²) in [5.74, 6) is 0.406. The molecule has 6 aromatic rings. The van der Waals surface area contributed by atoms with E-state index in [1.54, 1.807) is 0 Å². The Hall–Kier alpha value is -4.08. The quantitative estimate of drug-likeness (QED) is 0.167. The van der Waals surface area contributed by atoms with Crippen molar-refractivity contribution in [1.82, 2.24) is 14.5 Å². The van der Waals surface area contributed by atoms with Crippen LogP contribution in [-0.2, 0) is 43.1 Å². The van der Waals surface area contributed by atoms with E-state index < -0.39 is 17.5 Å². The minimum Gasteiger partial charge on any atom is -0.524 e. The molecule has 1 aliphatic carbocycles. The summed E-state index contributed by atoms with van der Waals surface area (Å²) in [6, 6.07) is 30.4.